The van der Waals surface area contributed by atoms with Gasteiger partial charge in [0.05, 0.1) is 13.2 Å². The van der Waals surface area contributed by atoms with Gasteiger partial charge in [-0.2, -0.15) is 0 Å². The summed E-state index contributed by atoms with van der Waals surface area (Å²) in [6, 6.07) is 16.2. The van der Waals surface area contributed by atoms with Crippen molar-refractivity contribution in [3.63, 3.8) is 0 Å². The first-order valence-corrected chi connectivity index (χ1v) is 8.88. The lowest BCUT2D eigenvalue weighted by Gasteiger charge is -2.28. The molecule has 0 spiro atoms. The number of carbonyl (C=O) groups is 1. The van der Waals surface area contributed by atoms with E-state index in [0.29, 0.717) is 11.5 Å². The highest BCUT2D eigenvalue weighted by atomic mass is 16.5. The molecule has 1 heterocycles. The molecular formula is C22H25NO2. The summed E-state index contributed by atoms with van der Waals surface area (Å²) in [4.78, 5) is 14.6. The normalized spacial score (nSPS) is 15.1. The van der Waals surface area contributed by atoms with Crippen LogP contribution in [0.3, 0.4) is 0 Å². The Kier molecular flexibility index (Phi) is 5.67. The van der Waals surface area contributed by atoms with E-state index < -0.39 is 0 Å². The van der Waals surface area contributed by atoms with Crippen LogP contribution in [0.4, 0.5) is 5.69 Å². The summed E-state index contributed by atoms with van der Waals surface area (Å²) in [5.41, 5.74) is 4.21. The SMILES string of the molecule is CC(C)c1ccc(C=CC(=O)c2ccc(N3CCOCC3)cc2)cc1. The standard InChI is InChI=1S/C22H25NO2/c1-17(2)19-6-3-18(4-7-19)5-12-22(24)20-8-10-21(11-9-20)23-13-15-25-16-14-23/h3-12,17H,13-16H2,1-2H3. The van der Waals surface area contributed by atoms with E-state index in [0.717, 1.165) is 37.6 Å². The molecule has 3 heteroatoms. The molecule has 0 amide bonds. The maximum Gasteiger partial charge on any atom is 0.185 e. The van der Waals surface area contributed by atoms with Gasteiger partial charge >= 0.3 is 0 Å². The topological polar surface area (TPSA) is 29.5 Å². The molecule has 1 saturated heterocycles. The van der Waals surface area contributed by atoms with Crippen molar-refractivity contribution < 1.29 is 9.53 Å². The van der Waals surface area contributed by atoms with Gasteiger partial charge in [0.15, 0.2) is 5.78 Å². The first-order chi connectivity index (χ1) is 12.1. The predicted octanol–water partition coefficient (Wildman–Crippen LogP) is 4.54. The zero-order valence-corrected chi connectivity index (χ0v) is 14.9. The highest BCUT2D eigenvalue weighted by Crippen LogP contribution is 2.18. The van der Waals surface area contributed by atoms with Crippen LogP contribution in [0.2, 0.25) is 0 Å². The highest BCUT2D eigenvalue weighted by molar-refractivity contribution is 6.06. The Morgan fingerprint density at radius 1 is 1.00 bits per heavy atom. The van der Waals surface area contributed by atoms with Crippen molar-refractivity contribution in [1.29, 1.82) is 0 Å². The van der Waals surface area contributed by atoms with Gasteiger partial charge in [0, 0.05) is 24.3 Å². The van der Waals surface area contributed by atoms with Crippen LogP contribution in [0.15, 0.2) is 54.6 Å². The quantitative estimate of drug-likeness (QED) is 0.593. The molecule has 130 valence electrons. The number of hydrogen-bond acceptors (Lipinski definition) is 3. The number of hydrogen-bond donors (Lipinski definition) is 0. The summed E-state index contributed by atoms with van der Waals surface area (Å²) in [7, 11) is 0. The first-order valence-electron chi connectivity index (χ1n) is 8.88. The average Bonchev–Trinajstić information content (AvgIpc) is 2.67. The van der Waals surface area contributed by atoms with Gasteiger partial charge in [-0.25, -0.2) is 0 Å². The summed E-state index contributed by atoms with van der Waals surface area (Å²) in [6.45, 7) is 7.68. The molecule has 3 rings (SSSR count). The zero-order valence-electron chi connectivity index (χ0n) is 14.9. The van der Waals surface area contributed by atoms with Crippen molar-refractivity contribution in [2.45, 2.75) is 19.8 Å². The Labute approximate surface area is 149 Å². The molecular weight excluding hydrogens is 310 g/mol. The molecule has 3 nitrogen and oxygen atoms in total. The Morgan fingerprint density at radius 2 is 1.64 bits per heavy atom. The largest absolute Gasteiger partial charge is 0.378 e. The van der Waals surface area contributed by atoms with Gasteiger partial charge in [0.1, 0.15) is 0 Å². The molecule has 25 heavy (non-hydrogen) atoms. The molecule has 0 aromatic heterocycles. The number of anilines is 1. The van der Waals surface area contributed by atoms with Gasteiger partial charge in [0.2, 0.25) is 0 Å². The van der Waals surface area contributed by atoms with Gasteiger partial charge in [-0.1, -0.05) is 44.2 Å². The van der Waals surface area contributed by atoms with Gasteiger partial charge in [-0.05, 0) is 47.4 Å². The molecule has 0 N–H and O–H groups in total. The first kappa shape index (κ1) is 17.4. The van der Waals surface area contributed by atoms with E-state index in [9.17, 15) is 4.79 Å². The van der Waals surface area contributed by atoms with Crippen LogP contribution in [0.5, 0.6) is 0 Å². The molecule has 0 atom stereocenters. The Hall–Kier alpha value is -2.39. The van der Waals surface area contributed by atoms with E-state index in [4.69, 9.17) is 4.74 Å². The second-order valence-corrected chi connectivity index (χ2v) is 6.67. The molecule has 1 aliphatic heterocycles. The third kappa shape index (κ3) is 4.58. The molecule has 0 unspecified atom stereocenters. The number of allylic oxidation sites excluding steroid dienone is 1. The monoisotopic (exact) mass is 335 g/mol. The molecule has 0 radical (unpaired) electrons. The number of morpholine rings is 1. The zero-order chi connectivity index (χ0) is 17.6. The third-order valence-electron chi connectivity index (χ3n) is 4.56. The number of ether oxygens (including phenoxy) is 1. The lowest BCUT2D eigenvalue weighted by Crippen LogP contribution is -2.36. The van der Waals surface area contributed by atoms with E-state index >= 15 is 0 Å². The lowest BCUT2D eigenvalue weighted by atomic mass is 10.0. The summed E-state index contributed by atoms with van der Waals surface area (Å²) >= 11 is 0. The van der Waals surface area contributed by atoms with E-state index in [1.807, 2.05) is 30.3 Å². The van der Waals surface area contributed by atoms with E-state index in [2.05, 4.69) is 43.0 Å². The summed E-state index contributed by atoms with van der Waals surface area (Å²) in [5, 5.41) is 0. The summed E-state index contributed by atoms with van der Waals surface area (Å²) in [6.07, 6.45) is 3.52. The highest BCUT2D eigenvalue weighted by Gasteiger charge is 2.11. The Morgan fingerprint density at radius 3 is 2.24 bits per heavy atom. The van der Waals surface area contributed by atoms with E-state index in [1.165, 1.54) is 5.56 Å². The minimum atomic E-state index is 0.0291. The van der Waals surface area contributed by atoms with Crippen molar-refractivity contribution in [1.82, 2.24) is 0 Å². The van der Waals surface area contributed by atoms with Crippen molar-refractivity contribution in [2.75, 3.05) is 31.2 Å². The van der Waals surface area contributed by atoms with Crippen LogP contribution in [-0.4, -0.2) is 32.1 Å². The van der Waals surface area contributed by atoms with Crippen LogP contribution >= 0.6 is 0 Å². The minimum absolute atomic E-state index is 0.0291. The maximum atomic E-state index is 12.4. The predicted molar refractivity (Wildman–Crippen MR) is 103 cm³/mol. The van der Waals surface area contributed by atoms with Crippen LogP contribution in [0.1, 0.15) is 41.3 Å². The van der Waals surface area contributed by atoms with Crippen LogP contribution in [0, 0.1) is 0 Å². The van der Waals surface area contributed by atoms with Crippen molar-refractivity contribution in [2.24, 2.45) is 0 Å². The molecule has 0 saturated carbocycles. The van der Waals surface area contributed by atoms with Crippen molar-refractivity contribution >= 4 is 17.5 Å². The summed E-state index contributed by atoms with van der Waals surface area (Å²) < 4.78 is 5.37. The molecule has 2 aromatic rings. The minimum Gasteiger partial charge on any atom is -0.378 e. The average molecular weight is 335 g/mol. The van der Waals surface area contributed by atoms with Crippen LogP contribution in [-0.2, 0) is 4.74 Å². The Bertz CT molecular complexity index is 724. The molecule has 0 aliphatic carbocycles. The van der Waals surface area contributed by atoms with Gasteiger partial charge in [0.25, 0.3) is 0 Å². The smallest absolute Gasteiger partial charge is 0.185 e. The van der Waals surface area contributed by atoms with Crippen LogP contribution in [0.25, 0.3) is 6.08 Å². The van der Waals surface area contributed by atoms with Gasteiger partial charge in [-0.15, -0.1) is 0 Å². The number of ketones is 1. The van der Waals surface area contributed by atoms with Crippen molar-refractivity contribution in [3.05, 3.63) is 71.3 Å². The van der Waals surface area contributed by atoms with Gasteiger partial charge < -0.3 is 9.64 Å². The molecule has 1 aliphatic rings. The number of rotatable bonds is 5. The molecule has 0 bridgehead atoms. The number of nitrogens with zero attached hydrogens (tertiary/aromatic N) is 1. The van der Waals surface area contributed by atoms with Crippen LogP contribution < -0.4 is 4.90 Å². The Balaban J connectivity index is 1.64. The fraction of sp³-hybridized carbons (Fsp3) is 0.318. The number of carbonyl (C=O) groups excluding carboxylic acids is 1. The maximum absolute atomic E-state index is 12.4. The number of benzene rings is 2. The van der Waals surface area contributed by atoms with Crippen molar-refractivity contribution in [3.8, 4) is 0 Å². The van der Waals surface area contributed by atoms with Gasteiger partial charge in [-0.3, -0.25) is 4.79 Å². The second-order valence-electron chi connectivity index (χ2n) is 6.67. The van der Waals surface area contributed by atoms with E-state index in [1.54, 1.807) is 6.08 Å². The fourth-order valence-corrected chi connectivity index (χ4v) is 2.92. The third-order valence-corrected chi connectivity index (χ3v) is 4.56. The lowest BCUT2D eigenvalue weighted by molar-refractivity contribution is 0.104. The molecule has 1 fully saturated rings. The fourth-order valence-electron chi connectivity index (χ4n) is 2.92. The van der Waals surface area contributed by atoms with E-state index in [-0.39, 0.29) is 5.78 Å². The molecule has 2 aromatic carbocycles. The second kappa shape index (κ2) is 8.13. The summed E-state index contributed by atoms with van der Waals surface area (Å²) in [5.74, 6) is 0.547.